The van der Waals surface area contributed by atoms with Crippen molar-refractivity contribution in [1.29, 1.82) is 0 Å². The number of carbonyl (C=O) groups is 1. The van der Waals surface area contributed by atoms with Crippen molar-refractivity contribution < 1.29 is 13.7 Å². The number of rotatable bonds is 4. The monoisotopic (exact) mass is 280 g/mol. The van der Waals surface area contributed by atoms with Gasteiger partial charge in [0.1, 0.15) is 5.75 Å². The van der Waals surface area contributed by atoms with E-state index in [4.69, 9.17) is 4.74 Å². The van der Waals surface area contributed by atoms with Crippen LogP contribution in [0.3, 0.4) is 0 Å². The molecule has 0 spiro atoms. The first-order valence-electron chi connectivity index (χ1n) is 5.14. The molecule has 3 N–H and O–H groups in total. The van der Waals surface area contributed by atoms with Gasteiger partial charge in [0.2, 0.25) is 6.41 Å². The van der Waals surface area contributed by atoms with Gasteiger partial charge in [-0.15, -0.1) is 11.3 Å². The van der Waals surface area contributed by atoms with E-state index < -0.39 is 11.2 Å². The Hall–Kier alpha value is -0.920. The van der Waals surface area contributed by atoms with Crippen LogP contribution in [0.4, 0.5) is 0 Å². The van der Waals surface area contributed by atoms with E-state index in [1.807, 2.05) is 32.2 Å². The molecule has 17 heavy (non-hydrogen) atoms. The highest BCUT2D eigenvalue weighted by atomic mass is 32.2. The van der Waals surface area contributed by atoms with Crippen molar-refractivity contribution in [2.45, 2.75) is 27.7 Å². The molecule has 0 aliphatic rings. The van der Waals surface area contributed by atoms with E-state index >= 15 is 0 Å². The molecule has 1 aromatic rings. The van der Waals surface area contributed by atoms with Crippen LogP contribution in [-0.2, 0) is 16.0 Å². The second-order valence-corrected chi connectivity index (χ2v) is 4.26. The Labute approximate surface area is 109 Å². The molecule has 5 nitrogen and oxygen atoms in total. The first kappa shape index (κ1) is 18.4. The van der Waals surface area contributed by atoms with Crippen molar-refractivity contribution >= 4 is 28.9 Å². The highest BCUT2D eigenvalue weighted by molar-refractivity contribution is 7.81. The third kappa shape index (κ3) is 11.3. The molecule has 1 heterocycles. The molecule has 1 aromatic heterocycles. The summed E-state index contributed by atoms with van der Waals surface area (Å²) in [6, 6.07) is 2.00. The molecule has 1 amide bonds. The lowest BCUT2D eigenvalue weighted by atomic mass is 10.5. The summed E-state index contributed by atoms with van der Waals surface area (Å²) < 4.78 is 16.7. The third-order valence-corrected chi connectivity index (χ3v) is 2.43. The Morgan fingerprint density at radius 1 is 1.59 bits per heavy atom. The fourth-order valence-electron chi connectivity index (χ4n) is 0.726. The number of nitrogens with one attached hydrogen (secondary N) is 1. The molecule has 1 rings (SSSR count). The number of carbonyl (C=O) groups excluding carboxylic acids is 1. The molecule has 0 aliphatic heterocycles. The average molecular weight is 280 g/mol. The first-order valence-corrected chi connectivity index (χ1v) is 7.24. The minimum atomic E-state index is -1.68. The summed E-state index contributed by atoms with van der Waals surface area (Å²) in [6.07, 6.45) is 0.274. The largest absolute Gasteiger partial charge is 0.493 e. The SMILES string of the molecule is CC.CCOc1ccsc1C.NS(=O)NC=O. The van der Waals surface area contributed by atoms with Crippen molar-refractivity contribution in [1.82, 2.24) is 4.72 Å². The quantitative estimate of drug-likeness (QED) is 0.824. The van der Waals surface area contributed by atoms with Gasteiger partial charge in [-0.05, 0) is 25.3 Å². The van der Waals surface area contributed by atoms with Gasteiger partial charge in [0.15, 0.2) is 11.2 Å². The Morgan fingerprint density at radius 3 is 2.41 bits per heavy atom. The zero-order chi connectivity index (χ0) is 13.7. The van der Waals surface area contributed by atoms with Gasteiger partial charge in [-0.3, -0.25) is 9.52 Å². The van der Waals surface area contributed by atoms with Gasteiger partial charge >= 0.3 is 0 Å². The predicted octanol–water partition coefficient (Wildman–Crippen LogP) is 1.75. The van der Waals surface area contributed by atoms with E-state index in [9.17, 15) is 9.00 Å². The zero-order valence-corrected chi connectivity index (χ0v) is 12.2. The molecule has 0 aromatic carbocycles. The molecule has 0 radical (unpaired) electrons. The lowest BCUT2D eigenvalue weighted by Crippen LogP contribution is -2.21. The Morgan fingerprint density at radius 2 is 2.18 bits per heavy atom. The standard InChI is InChI=1S/C7H10OS.C2H6.CH4N2O2S/c1-3-8-7-4-5-9-6(7)2;1-2;2-6(5)3-1-4/h4-5H,3H2,1-2H3;1-2H3;1H,2H2,(H,3,4). The number of amides is 1. The van der Waals surface area contributed by atoms with Crippen LogP contribution in [0, 0.1) is 6.92 Å². The summed E-state index contributed by atoms with van der Waals surface area (Å²) in [5, 5.41) is 6.57. The molecule has 1 atom stereocenters. The van der Waals surface area contributed by atoms with Crippen molar-refractivity contribution in [3.05, 3.63) is 16.3 Å². The average Bonchev–Trinajstić information content (AvgIpc) is 2.69. The number of thiophene rings is 1. The molecule has 100 valence electrons. The van der Waals surface area contributed by atoms with Gasteiger partial charge in [0.05, 0.1) is 6.61 Å². The first-order chi connectivity index (χ1) is 8.11. The van der Waals surface area contributed by atoms with Crippen LogP contribution in [0.1, 0.15) is 25.6 Å². The van der Waals surface area contributed by atoms with E-state index in [2.05, 4.69) is 12.1 Å². The van der Waals surface area contributed by atoms with Gasteiger partial charge in [-0.25, -0.2) is 9.35 Å². The number of nitrogens with two attached hydrogens (primary N) is 1. The zero-order valence-electron chi connectivity index (χ0n) is 10.6. The molecule has 0 saturated carbocycles. The highest BCUT2D eigenvalue weighted by Gasteiger charge is 1.96. The van der Waals surface area contributed by atoms with Crippen LogP contribution in [0.25, 0.3) is 0 Å². The predicted molar refractivity (Wildman–Crippen MR) is 73.1 cm³/mol. The van der Waals surface area contributed by atoms with Crippen molar-refractivity contribution in [3.63, 3.8) is 0 Å². The van der Waals surface area contributed by atoms with Crippen LogP contribution in [0.5, 0.6) is 5.75 Å². The molecule has 0 aliphatic carbocycles. The summed E-state index contributed by atoms with van der Waals surface area (Å²) in [4.78, 5) is 10.5. The van der Waals surface area contributed by atoms with E-state index in [1.165, 1.54) is 4.88 Å². The maximum absolute atomic E-state index is 9.59. The maximum Gasteiger partial charge on any atom is 0.219 e. The normalized spacial score (nSPS) is 9.94. The smallest absolute Gasteiger partial charge is 0.219 e. The van der Waals surface area contributed by atoms with Crippen molar-refractivity contribution in [2.75, 3.05) is 6.61 Å². The highest BCUT2D eigenvalue weighted by Crippen LogP contribution is 2.22. The van der Waals surface area contributed by atoms with Gasteiger partial charge in [-0.1, -0.05) is 13.8 Å². The van der Waals surface area contributed by atoms with Crippen LogP contribution < -0.4 is 14.6 Å². The lowest BCUT2D eigenvalue weighted by Gasteiger charge is -1.98. The number of ether oxygens (including phenoxy) is 1. The minimum Gasteiger partial charge on any atom is -0.493 e. The summed E-state index contributed by atoms with van der Waals surface area (Å²) in [7, 11) is 0. The van der Waals surface area contributed by atoms with E-state index in [-0.39, 0.29) is 6.41 Å². The van der Waals surface area contributed by atoms with E-state index in [0.717, 1.165) is 12.4 Å². The summed E-state index contributed by atoms with van der Waals surface area (Å²) in [6.45, 7) is 8.82. The van der Waals surface area contributed by atoms with E-state index in [0.29, 0.717) is 0 Å². The third-order valence-electron chi connectivity index (χ3n) is 1.28. The second-order valence-electron chi connectivity index (χ2n) is 2.31. The van der Waals surface area contributed by atoms with Gasteiger partial charge in [-0.2, -0.15) is 0 Å². The summed E-state index contributed by atoms with van der Waals surface area (Å²) in [5.74, 6) is 1.03. The van der Waals surface area contributed by atoms with E-state index in [1.54, 1.807) is 16.1 Å². The van der Waals surface area contributed by atoms with Gasteiger partial charge in [0.25, 0.3) is 0 Å². The Bertz CT molecular complexity index is 316. The Balaban J connectivity index is 0. The number of aryl methyl sites for hydroxylation is 1. The minimum absolute atomic E-state index is 0.274. The van der Waals surface area contributed by atoms with Crippen molar-refractivity contribution in [3.8, 4) is 5.75 Å². The van der Waals surface area contributed by atoms with Gasteiger partial charge in [0, 0.05) is 4.88 Å². The van der Waals surface area contributed by atoms with Crippen LogP contribution in [0.15, 0.2) is 11.4 Å². The maximum atomic E-state index is 9.59. The molecular weight excluding hydrogens is 260 g/mol. The van der Waals surface area contributed by atoms with Gasteiger partial charge < -0.3 is 4.74 Å². The van der Waals surface area contributed by atoms with Crippen LogP contribution >= 0.6 is 11.3 Å². The van der Waals surface area contributed by atoms with Crippen LogP contribution in [0.2, 0.25) is 0 Å². The molecule has 0 fully saturated rings. The topological polar surface area (TPSA) is 81.4 Å². The molecule has 0 saturated heterocycles. The lowest BCUT2D eigenvalue weighted by molar-refractivity contribution is -0.108. The Kier molecular flexibility index (Phi) is 14.3. The van der Waals surface area contributed by atoms with Crippen molar-refractivity contribution in [2.24, 2.45) is 5.14 Å². The summed E-state index contributed by atoms with van der Waals surface area (Å²) >= 11 is 0.0357. The number of hydrogen-bond donors (Lipinski definition) is 2. The summed E-state index contributed by atoms with van der Waals surface area (Å²) in [5.41, 5.74) is 0. The molecule has 0 bridgehead atoms. The molecule has 7 heteroatoms. The molecular formula is C10H20N2O3S2. The molecule has 1 unspecified atom stereocenters. The number of hydrogen-bond acceptors (Lipinski definition) is 4. The fraction of sp³-hybridized carbons (Fsp3) is 0.500. The second kappa shape index (κ2) is 13.1. The fourth-order valence-corrected chi connectivity index (χ4v) is 1.46. The van der Waals surface area contributed by atoms with Crippen LogP contribution in [-0.4, -0.2) is 17.2 Å².